The molecule has 0 aliphatic carbocycles. The average Bonchev–Trinajstić information content (AvgIpc) is 2.93. The number of fused-ring (bicyclic) bond motifs is 1. The molecule has 3 rings (SSSR count). The Morgan fingerprint density at radius 2 is 2.28 bits per heavy atom. The van der Waals surface area contributed by atoms with Gasteiger partial charge < -0.3 is 4.90 Å². The summed E-state index contributed by atoms with van der Waals surface area (Å²) in [4.78, 5) is 18.2. The molecule has 0 N–H and O–H groups in total. The van der Waals surface area contributed by atoms with E-state index < -0.39 is 0 Å². The highest BCUT2D eigenvalue weighted by atomic mass is 35.5. The van der Waals surface area contributed by atoms with E-state index in [-0.39, 0.29) is 5.91 Å². The van der Waals surface area contributed by atoms with Crippen LogP contribution in [-0.2, 0) is 11.3 Å². The maximum absolute atomic E-state index is 11.8. The first-order valence-electron chi connectivity index (χ1n) is 5.94. The fraction of sp³-hybridized carbons (Fsp3) is 0.385. The van der Waals surface area contributed by atoms with Gasteiger partial charge in [0, 0.05) is 18.8 Å². The summed E-state index contributed by atoms with van der Waals surface area (Å²) in [5.74, 6) is 1.05. The van der Waals surface area contributed by atoms with Gasteiger partial charge in [-0.25, -0.2) is 4.98 Å². The fourth-order valence-corrected chi connectivity index (χ4v) is 3.45. The molecule has 1 aromatic heterocycles. The van der Waals surface area contributed by atoms with Gasteiger partial charge in [-0.1, -0.05) is 12.1 Å². The second-order valence-electron chi connectivity index (χ2n) is 4.57. The van der Waals surface area contributed by atoms with Crippen LogP contribution in [0.4, 0.5) is 0 Å². The molecular weight excluding hydrogens is 268 g/mol. The molecule has 1 aromatic carbocycles. The Kier molecular flexibility index (Phi) is 3.22. The number of likely N-dealkylation sites (tertiary alicyclic amines) is 1. The quantitative estimate of drug-likeness (QED) is 0.810. The molecule has 2 heterocycles. The van der Waals surface area contributed by atoms with Crippen molar-refractivity contribution >= 4 is 39.1 Å². The van der Waals surface area contributed by atoms with Crippen molar-refractivity contribution in [2.75, 3.05) is 12.4 Å². The number of thiazole rings is 1. The monoisotopic (exact) mass is 280 g/mol. The highest BCUT2D eigenvalue weighted by Crippen LogP contribution is 2.26. The zero-order valence-electron chi connectivity index (χ0n) is 9.80. The molecule has 0 radical (unpaired) electrons. The predicted molar refractivity (Wildman–Crippen MR) is 73.9 cm³/mol. The van der Waals surface area contributed by atoms with E-state index in [2.05, 4.69) is 11.1 Å². The van der Waals surface area contributed by atoms with Crippen molar-refractivity contribution in [3.63, 3.8) is 0 Å². The molecular formula is C13H13ClN2OS. The Morgan fingerprint density at radius 3 is 3.00 bits per heavy atom. The fourth-order valence-electron chi connectivity index (χ4n) is 2.26. The summed E-state index contributed by atoms with van der Waals surface area (Å²) in [7, 11) is 0. The molecule has 3 nitrogen and oxygen atoms in total. The van der Waals surface area contributed by atoms with E-state index in [1.165, 1.54) is 4.70 Å². The maximum atomic E-state index is 11.8. The normalized spacial score (nSPS) is 19.9. The van der Waals surface area contributed by atoms with Gasteiger partial charge in [-0.2, -0.15) is 0 Å². The summed E-state index contributed by atoms with van der Waals surface area (Å²) in [5, 5.41) is 1.000. The molecule has 5 heteroatoms. The van der Waals surface area contributed by atoms with Gasteiger partial charge in [-0.05, 0) is 18.1 Å². The number of amides is 1. The number of aromatic nitrogens is 1. The molecule has 1 unspecified atom stereocenters. The van der Waals surface area contributed by atoms with E-state index in [1.807, 2.05) is 23.1 Å². The van der Waals surface area contributed by atoms with Crippen LogP contribution in [0.1, 0.15) is 11.4 Å². The number of para-hydroxylation sites is 1. The van der Waals surface area contributed by atoms with Gasteiger partial charge in [0.2, 0.25) is 5.91 Å². The lowest BCUT2D eigenvalue weighted by atomic mass is 10.2. The molecule has 1 aliphatic heterocycles. The van der Waals surface area contributed by atoms with Crippen LogP contribution in [0.15, 0.2) is 24.3 Å². The molecule has 1 atom stereocenters. The van der Waals surface area contributed by atoms with Crippen LogP contribution < -0.4 is 0 Å². The summed E-state index contributed by atoms with van der Waals surface area (Å²) in [6.07, 6.45) is 0.578. The minimum Gasteiger partial charge on any atom is -0.336 e. The van der Waals surface area contributed by atoms with Crippen LogP contribution in [0.25, 0.3) is 10.2 Å². The molecule has 1 aliphatic rings. The molecule has 1 amide bonds. The molecule has 0 bridgehead atoms. The van der Waals surface area contributed by atoms with Gasteiger partial charge in [0.05, 0.1) is 16.8 Å². The van der Waals surface area contributed by atoms with Crippen molar-refractivity contribution in [1.82, 2.24) is 9.88 Å². The number of hydrogen-bond donors (Lipinski definition) is 0. The van der Waals surface area contributed by atoms with Gasteiger partial charge in [-0.3, -0.25) is 4.79 Å². The molecule has 0 spiro atoms. The molecule has 1 fully saturated rings. The minimum atomic E-state index is 0.194. The van der Waals surface area contributed by atoms with Crippen LogP contribution in [0, 0.1) is 5.92 Å². The van der Waals surface area contributed by atoms with Gasteiger partial charge >= 0.3 is 0 Å². The molecule has 94 valence electrons. The van der Waals surface area contributed by atoms with Crippen LogP contribution >= 0.6 is 22.9 Å². The van der Waals surface area contributed by atoms with Crippen LogP contribution in [0.2, 0.25) is 0 Å². The first-order chi connectivity index (χ1) is 8.76. The second kappa shape index (κ2) is 4.86. The number of carbonyl (C=O) groups is 1. The summed E-state index contributed by atoms with van der Waals surface area (Å²) in [6.45, 7) is 1.38. The topological polar surface area (TPSA) is 33.2 Å². The van der Waals surface area contributed by atoms with E-state index >= 15 is 0 Å². The number of carbonyl (C=O) groups excluding carboxylic acids is 1. The first kappa shape index (κ1) is 11.9. The molecule has 18 heavy (non-hydrogen) atoms. The van der Waals surface area contributed by atoms with Crippen molar-refractivity contribution < 1.29 is 4.79 Å². The lowest BCUT2D eigenvalue weighted by Gasteiger charge is -2.13. The second-order valence-corrected chi connectivity index (χ2v) is 6.00. The Hall–Kier alpha value is -1.13. The highest BCUT2D eigenvalue weighted by molar-refractivity contribution is 7.18. The Morgan fingerprint density at radius 1 is 1.44 bits per heavy atom. The minimum absolute atomic E-state index is 0.194. The lowest BCUT2D eigenvalue weighted by Crippen LogP contribution is -2.24. The number of rotatable bonds is 3. The van der Waals surface area contributed by atoms with Gasteiger partial charge in [-0.15, -0.1) is 22.9 Å². The van der Waals surface area contributed by atoms with E-state index in [0.29, 0.717) is 24.8 Å². The van der Waals surface area contributed by atoms with E-state index in [4.69, 9.17) is 11.6 Å². The Bertz CT molecular complexity index is 550. The zero-order valence-corrected chi connectivity index (χ0v) is 11.4. The van der Waals surface area contributed by atoms with Crippen LogP contribution in [-0.4, -0.2) is 28.2 Å². The van der Waals surface area contributed by atoms with E-state index in [9.17, 15) is 4.79 Å². The SMILES string of the molecule is O=C1CC(CCl)CN1Cc1nc2ccccc2s1. The largest absolute Gasteiger partial charge is 0.336 e. The van der Waals surface area contributed by atoms with Crippen LogP contribution in [0.3, 0.4) is 0 Å². The summed E-state index contributed by atoms with van der Waals surface area (Å²) in [5.41, 5.74) is 1.01. The molecule has 1 saturated heterocycles. The van der Waals surface area contributed by atoms with Crippen molar-refractivity contribution in [2.24, 2.45) is 5.92 Å². The predicted octanol–water partition coefficient (Wildman–Crippen LogP) is 2.88. The molecule has 2 aromatic rings. The van der Waals surface area contributed by atoms with Crippen LogP contribution in [0.5, 0.6) is 0 Å². The zero-order chi connectivity index (χ0) is 12.5. The van der Waals surface area contributed by atoms with Crippen molar-refractivity contribution in [2.45, 2.75) is 13.0 Å². The summed E-state index contributed by atoms with van der Waals surface area (Å²) >= 11 is 7.47. The third-order valence-corrected chi connectivity index (χ3v) is 4.63. The lowest BCUT2D eigenvalue weighted by molar-refractivity contribution is -0.128. The highest BCUT2D eigenvalue weighted by Gasteiger charge is 2.29. The van der Waals surface area contributed by atoms with Gasteiger partial charge in [0.1, 0.15) is 5.01 Å². The average molecular weight is 281 g/mol. The third kappa shape index (κ3) is 2.22. The van der Waals surface area contributed by atoms with E-state index in [1.54, 1.807) is 11.3 Å². The standard InChI is InChI=1S/C13H13ClN2OS/c14-6-9-5-13(17)16(7-9)8-12-15-10-3-1-2-4-11(10)18-12/h1-4,9H,5-8H2. The van der Waals surface area contributed by atoms with Crippen molar-refractivity contribution in [1.29, 1.82) is 0 Å². The smallest absolute Gasteiger partial charge is 0.223 e. The maximum Gasteiger partial charge on any atom is 0.223 e. The van der Waals surface area contributed by atoms with Crippen molar-refractivity contribution in [3.8, 4) is 0 Å². The third-order valence-electron chi connectivity index (χ3n) is 3.18. The number of halogens is 1. The number of nitrogens with zero attached hydrogens (tertiary/aromatic N) is 2. The number of hydrogen-bond acceptors (Lipinski definition) is 3. The number of benzene rings is 1. The number of alkyl halides is 1. The Labute approximate surface area is 114 Å². The summed E-state index contributed by atoms with van der Waals surface area (Å²) in [6, 6.07) is 8.05. The van der Waals surface area contributed by atoms with Gasteiger partial charge in [0.25, 0.3) is 0 Å². The Balaban J connectivity index is 1.78. The van der Waals surface area contributed by atoms with E-state index in [0.717, 1.165) is 17.1 Å². The van der Waals surface area contributed by atoms with Crippen molar-refractivity contribution in [3.05, 3.63) is 29.3 Å². The summed E-state index contributed by atoms with van der Waals surface area (Å²) < 4.78 is 1.17. The molecule has 0 saturated carbocycles. The van der Waals surface area contributed by atoms with Gasteiger partial charge in [0.15, 0.2) is 0 Å². The first-order valence-corrected chi connectivity index (χ1v) is 7.29.